The van der Waals surface area contributed by atoms with Gasteiger partial charge in [0.15, 0.2) is 0 Å². The number of pyridine rings is 1. The minimum Gasteiger partial charge on any atom is -0.327 e. The summed E-state index contributed by atoms with van der Waals surface area (Å²) in [5, 5.41) is 4.24. The van der Waals surface area contributed by atoms with Crippen molar-refractivity contribution in [3.05, 3.63) is 66.3 Å². The van der Waals surface area contributed by atoms with Gasteiger partial charge in [-0.3, -0.25) is 14.5 Å². The van der Waals surface area contributed by atoms with E-state index >= 15 is 0 Å². The Balaban J connectivity index is 1.58. The maximum atomic E-state index is 12.7. The van der Waals surface area contributed by atoms with E-state index in [0.717, 1.165) is 18.1 Å². The van der Waals surface area contributed by atoms with Gasteiger partial charge in [-0.05, 0) is 25.1 Å². The molecule has 0 spiro atoms. The molecule has 3 aromatic rings. The molecule has 24 heavy (non-hydrogen) atoms. The number of hydrogen-bond donors (Lipinski definition) is 0. The molecule has 0 unspecified atom stereocenters. The molecule has 4 heterocycles. The van der Waals surface area contributed by atoms with Gasteiger partial charge in [0.25, 0.3) is 5.91 Å². The molecule has 0 aromatic carbocycles. The number of imidazole rings is 1. The number of carbonyl (C=O) groups excluding carboxylic acids is 1. The summed E-state index contributed by atoms with van der Waals surface area (Å²) in [5.41, 5.74) is 1.58. The number of nitrogens with zero attached hydrogens (tertiary/aromatic N) is 6. The highest BCUT2D eigenvalue weighted by Crippen LogP contribution is 2.26. The number of rotatable bonds is 3. The van der Waals surface area contributed by atoms with Crippen LogP contribution in [0.25, 0.3) is 0 Å². The lowest BCUT2D eigenvalue weighted by Crippen LogP contribution is -2.41. The van der Waals surface area contributed by atoms with Crippen molar-refractivity contribution in [3.8, 4) is 0 Å². The van der Waals surface area contributed by atoms with Gasteiger partial charge in [-0.1, -0.05) is 6.07 Å². The van der Waals surface area contributed by atoms with E-state index in [4.69, 9.17) is 0 Å². The first-order valence-electron chi connectivity index (χ1n) is 7.98. The zero-order valence-corrected chi connectivity index (χ0v) is 13.4. The van der Waals surface area contributed by atoms with E-state index in [1.54, 1.807) is 18.5 Å². The van der Waals surface area contributed by atoms with Gasteiger partial charge in [-0.15, -0.1) is 0 Å². The third-order valence-corrected chi connectivity index (χ3v) is 4.40. The van der Waals surface area contributed by atoms with Gasteiger partial charge in [0, 0.05) is 31.7 Å². The minimum atomic E-state index is -0.0837. The second kappa shape index (κ2) is 5.92. The lowest BCUT2D eigenvalue weighted by molar-refractivity contribution is 0.0630. The van der Waals surface area contributed by atoms with Crippen LogP contribution in [0.5, 0.6) is 0 Å². The van der Waals surface area contributed by atoms with E-state index in [0.29, 0.717) is 18.8 Å². The van der Waals surface area contributed by atoms with Gasteiger partial charge in [0.05, 0.1) is 24.5 Å². The first-order chi connectivity index (χ1) is 11.7. The summed E-state index contributed by atoms with van der Waals surface area (Å²) < 4.78 is 4.06. The Bertz CT molecular complexity index is 839. The fraction of sp³-hybridized carbons (Fsp3) is 0.294. The van der Waals surface area contributed by atoms with Crippen molar-refractivity contribution >= 4 is 5.91 Å². The second-order valence-corrected chi connectivity index (χ2v) is 5.85. The lowest BCUT2D eigenvalue weighted by Gasteiger charge is -2.34. The third-order valence-electron chi connectivity index (χ3n) is 4.40. The van der Waals surface area contributed by atoms with Crippen molar-refractivity contribution in [1.82, 2.24) is 29.2 Å². The molecule has 0 fully saturated rings. The van der Waals surface area contributed by atoms with E-state index in [2.05, 4.69) is 19.6 Å². The third kappa shape index (κ3) is 2.47. The highest BCUT2D eigenvalue weighted by atomic mass is 16.2. The number of carbonyl (C=O) groups is 1. The number of amides is 1. The summed E-state index contributed by atoms with van der Waals surface area (Å²) in [6, 6.07) is 7.21. The molecule has 0 saturated heterocycles. The summed E-state index contributed by atoms with van der Waals surface area (Å²) in [4.78, 5) is 23.3. The average Bonchev–Trinajstić information content (AvgIpc) is 3.27. The van der Waals surface area contributed by atoms with Crippen LogP contribution in [0, 0.1) is 0 Å². The zero-order valence-electron chi connectivity index (χ0n) is 13.4. The predicted octanol–water partition coefficient (Wildman–Crippen LogP) is 1.74. The van der Waals surface area contributed by atoms with E-state index in [1.165, 1.54) is 0 Å². The van der Waals surface area contributed by atoms with Gasteiger partial charge >= 0.3 is 0 Å². The fourth-order valence-electron chi connectivity index (χ4n) is 3.16. The van der Waals surface area contributed by atoms with Crippen LogP contribution < -0.4 is 0 Å². The zero-order chi connectivity index (χ0) is 16.5. The second-order valence-electron chi connectivity index (χ2n) is 5.85. The van der Waals surface area contributed by atoms with E-state index in [-0.39, 0.29) is 11.9 Å². The van der Waals surface area contributed by atoms with Gasteiger partial charge in [0.2, 0.25) is 0 Å². The van der Waals surface area contributed by atoms with Crippen LogP contribution in [0.3, 0.4) is 0 Å². The largest absolute Gasteiger partial charge is 0.327 e. The molecule has 1 amide bonds. The summed E-state index contributed by atoms with van der Waals surface area (Å²) >= 11 is 0. The van der Waals surface area contributed by atoms with Crippen LogP contribution >= 0.6 is 0 Å². The SMILES string of the molecule is C[C@H]1c2ncc(Cn3cccn3)n2CCN1C(=O)c1ccccn1. The molecule has 4 rings (SSSR count). The van der Waals surface area contributed by atoms with Crippen LogP contribution in [0.15, 0.2) is 49.1 Å². The monoisotopic (exact) mass is 322 g/mol. The van der Waals surface area contributed by atoms with Gasteiger partial charge < -0.3 is 9.47 Å². The quantitative estimate of drug-likeness (QED) is 0.736. The molecule has 122 valence electrons. The van der Waals surface area contributed by atoms with E-state index in [1.807, 2.05) is 47.1 Å². The Hall–Kier alpha value is -2.96. The average molecular weight is 322 g/mol. The van der Waals surface area contributed by atoms with Gasteiger partial charge in [-0.25, -0.2) is 4.98 Å². The molecular formula is C17H18N6O. The molecule has 7 heteroatoms. The van der Waals surface area contributed by atoms with Crippen molar-refractivity contribution < 1.29 is 4.79 Å². The van der Waals surface area contributed by atoms with Crippen molar-refractivity contribution in [2.24, 2.45) is 0 Å². The Labute approximate surface area is 139 Å². The van der Waals surface area contributed by atoms with Crippen LogP contribution in [0.4, 0.5) is 0 Å². The Morgan fingerprint density at radius 1 is 1.21 bits per heavy atom. The minimum absolute atomic E-state index is 0.0500. The molecule has 0 N–H and O–H groups in total. The molecule has 0 aliphatic carbocycles. The Morgan fingerprint density at radius 2 is 2.12 bits per heavy atom. The smallest absolute Gasteiger partial charge is 0.273 e. The van der Waals surface area contributed by atoms with Crippen molar-refractivity contribution in [1.29, 1.82) is 0 Å². The summed E-state index contributed by atoms with van der Waals surface area (Å²) in [5.74, 6) is 0.860. The summed E-state index contributed by atoms with van der Waals surface area (Å²) in [7, 11) is 0. The fourth-order valence-corrected chi connectivity index (χ4v) is 3.16. The maximum absolute atomic E-state index is 12.7. The Kier molecular flexibility index (Phi) is 3.60. The van der Waals surface area contributed by atoms with Gasteiger partial charge in [-0.2, -0.15) is 5.10 Å². The van der Waals surface area contributed by atoms with E-state index in [9.17, 15) is 4.79 Å². The van der Waals surface area contributed by atoms with Crippen LogP contribution in [-0.2, 0) is 13.1 Å². The molecule has 0 radical (unpaired) electrons. The Morgan fingerprint density at radius 3 is 2.88 bits per heavy atom. The van der Waals surface area contributed by atoms with Crippen LogP contribution in [0.1, 0.15) is 35.0 Å². The maximum Gasteiger partial charge on any atom is 0.273 e. The van der Waals surface area contributed by atoms with Crippen molar-refractivity contribution in [2.45, 2.75) is 26.1 Å². The summed E-state index contributed by atoms with van der Waals surface area (Å²) in [6.45, 7) is 4.07. The van der Waals surface area contributed by atoms with Gasteiger partial charge in [0.1, 0.15) is 11.5 Å². The highest BCUT2D eigenvalue weighted by molar-refractivity contribution is 5.92. The summed E-state index contributed by atoms with van der Waals surface area (Å²) in [6.07, 6.45) is 7.22. The highest BCUT2D eigenvalue weighted by Gasteiger charge is 2.31. The molecule has 1 aliphatic heterocycles. The standard InChI is InChI=1S/C17H18N6O/c1-13-16-19-11-14(12-21-8-4-7-20-21)23(16)10-9-22(13)17(24)15-5-2-3-6-18-15/h2-8,11,13H,9-10,12H2,1H3/t13-/m0/s1. The van der Waals surface area contributed by atoms with Crippen LogP contribution in [0.2, 0.25) is 0 Å². The molecule has 1 atom stereocenters. The number of fused-ring (bicyclic) bond motifs is 1. The lowest BCUT2D eigenvalue weighted by atomic mass is 10.2. The topological polar surface area (TPSA) is 68.8 Å². The predicted molar refractivity (Wildman–Crippen MR) is 87.2 cm³/mol. The normalized spacial score (nSPS) is 16.9. The van der Waals surface area contributed by atoms with Crippen molar-refractivity contribution in [3.63, 3.8) is 0 Å². The van der Waals surface area contributed by atoms with Crippen LogP contribution in [-0.4, -0.2) is 41.7 Å². The first-order valence-corrected chi connectivity index (χ1v) is 7.98. The number of hydrogen-bond acceptors (Lipinski definition) is 4. The van der Waals surface area contributed by atoms with E-state index < -0.39 is 0 Å². The molecule has 0 bridgehead atoms. The molecule has 7 nitrogen and oxygen atoms in total. The molecular weight excluding hydrogens is 304 g/mol. The van der Waals surface area contributed by atoms with Crippen molar-refractivity contribution in [2.75, 3.05) is 6.54 Å². The molecule has 0 saturated carbocycles. The molecule has 3 aromatic heterocycles. The molecule has 1 aliphatic rings. The first kappa shape index (κ1) is 14.6. The number of aromatic nitrogens is 5.